The zero-order valence-electron chi connectivity index (χ0n) is 12.1. The molecule has 5 N–H and O–H groups in total. The Hall–Kier alpha value is -1.98. The largest absolute Gasteiger partial charge is 0.403 e. The van der Waals surface area contributed by atoms with Crippen LogP contribution in [0.1, 0.15) is 34.1 Å². The molecule has 1 aliphatic rings. The van der Waals surface area contributed by atoms with Crippen LogP contribution in [-0.2, 0) is 4.79 Å². The number of nitrogens with zero attached hydrogens (tertiary/aromatic N) is 1. The van der Waals surface area contributed by atoms with Crippen LogP contribution in [-0.4, -0.2) is 23.4 Å². The average molecular weight is 268 g/mol. The molecule has 1 aliphatic heterocycles. The molecule has 3 amide bonds. The summed E-state index contributed by atoms with van der Waals surface area (Å²) < 4.78 is 0. The van der Waals surface area contributed by atoms with E-state index in [1.54, 1.807) is 6.08 Å². The molecule has 0 saturated carbocycles. The van der Waals surface area contributed by atoms with Crippen molar-refractivity contribution in [2.24, 2.45) is 17.4 Å². The molecule has 1 saturated heterocycles. The number of nitrogens with one attached hydrogen (secondary N) is 1. The maximum absolute atomic E-state index is 11.6. The van der Waals surface area contributed by atoms with Gasteiger partial charge in [0, 0.05) is 24.9 Å². The molecule has 0 spiro atoms. The Morgan fingerprint density at radius 1 is 1.37 bits per heavy atom. The molecule has 0 aromatic heterocycles. The van der Waals surface area contributed by atoms with Crippen molar-refractivity contribution in [3.05, 3.63) is 23.7 Å². The van der Waals surface area contributed by atoms with E-state index in [0.717, 1.165) is 0 Å². The van der Waals surface area contributed by atoms with Gasteiger partial charge in [-0.05, 0) is 12.0 Å². The molecule has 6 heteroatoms. The summed E-state index contributed by atoms with van der Waals surface area (Å²) in [6, 6.07) is -0.467. The van der Waals surface area contributed by atoms with Gasteiger partial charge in [0.25, 0.3) is 0 Å². The molecular weight excluding hydrogens is 244 g/mol. The van der Waals surface area contributed by atoms with E-state index in [4.69, 9.17) is 11.5 Å². The number of carbonyl (C=O) groups excluding carboxylic acids is 2. The van der Waals surface area contributed by atoms with Crippen LogP contribution in [0.5, 0.6) is 0 Å². The lowest BCUT2D eigenvalue weighted by Gasteiger charge is -2.27. The molecule has 1 rings (SSSR count). The lowest BCUT2D eigenvalue weighted by molar-refractivity contribution is -0.121. The summed E-state index contributed by atoms with van der Waals surface area (Å²) in [7, 11) is 0. The van der Waals surface area contributed by atoms with Crippen molar-refractivity contribution >= 4 is 11.9 Å². The van der Waals surface area contributed by atoms with Crippen molar-refractivity contribution in [2.75, 3.05) is 6.54 Å². The number of nitrogens with two attached hydrogens (primary N) is 2. The Morgan fingerprint density at radius 3 is 2.37 bits per heavy atom. The van der Waals surface area contributed by atoms with Crippen molar-refractivity contribution in [3.63, 3.8) is 0 Å². The first-order valence-electron chi connectivity index (χ1n) is 6.46. The fourth-order valence-electron chi connectivity index (χ4n) is 1.36. The highest BCUT2D eigenvalue weighted by molar-refractivity contribution is 5.97. The number of carbonyl (C=O) groups is 2. The maximum atomic E-state index is 11.6. The summed E-state index contributed by atoms with van der Waals surface area (Å²) in [6.45, 7) is 8.20. The molecule has 0 aliphatic carbocycles. The van der Waals surface area contributed by atoms with Crippen LogP contribution in [0.4, 0.5) is 4.79 Å². The summed E-state index contributed by atoms with van der Waals surface area (Å²) in [5.41, 5.74) is 12.4. The van der Waals surface area contributed by atoms with E-state index >= 15 is 0 Å². The molecule has 0 aromatic rings. The van der Waals surface area contributed by atoms with Crippen LogP contribution in [0, 0.1) is 5.92 Å². The van der Waals surface area contributed by atoms with Crippen LogP contribution in [0.25, 0.3) is 0 Å². The van der Waals surface area contributed by atoms with E-state index < -0.39 is 6.03 Å². The monoisotopic (exact) mass is 268 g/mol. The molecule has 19 heavy (non-hydrogen) atoms. The molecule has 6 nitrogen and oxygen atoms in total. The Balaban J connectivity index is 0.00000154. The number of allylic oxidation sites excluding steroid dienone is 2. The average Bonchev–Trinajstić information content (AvgIpc) is 2.38. The van der Waals surface area contributed by atoms with Crippen LogP contribution < -0.4 is 16.8 Å². The van der Waals surface area contributed by atoms with Crippen LogP contribution in [0.15, 0.2) is 23.7 Å². The third-order valence-corrected chi connectivity index (χ3v) is 2.52. The van der Waals surface area contributed by atoms with Crippen molar-refractivity contribution in [2.45, 2.75) is 34.1 Å². The molecule has 0 atom stereocenters. The van der Waals surface area contributed by atoms with Gasteiger partial charge in [-0.2, -0.15) is 0 Å². The lowest BCUT2D eigenvalue weighted by atomic mass is 10.1. The molecule has 0 aromatic carbocycles. The normalized spacial score (nSPS) is 17.0. The van der Waals surface area contributed by atoms with Gasteiger partial charge in [-0.25, -0.2) is 4.79 Å². The van der Waals surface area contributed by atoms with Crippen LogP contribution in [0.2, 0.25) is 0 Å². The molecule has 1 fully saturated rings. The predicted octanol–water partition coefficient (Wildman–Crippen LogP) is 1.25. The van der Waals surface area contributed by atoms with Crippen molar-refractivity contribution in [1.29, 1.82) is 0 Å². The van der Waals surface area contributed by atoms with Gasteiger partial charge in [0.15, 0.2) is 0 Å². The number of rotatable bonds is 3. The summed E-state index contributed by atoms with van der Waals surface area (Å²) >= 11 is 0. The first-order chi connectivity index (χ1) is 8.95. The van der Waals surface area contributed by atoms with Gasteiger partial charge in [-0.3, -0.25) is 15.0 Å². The highest BCUT2D eigenvalue weighted by atomic mass is 16.2. The number of hydrogen-bond donors (Lipinski definition) is 3. The summed E-state index contributed by atoms with van der Waals surface area (Å²) in [5, 5.41) is 2.23. The van der Waals surface area contributed by atoms with Gasteiger partial charge in [0.1, 0.15) is 0 Å². The lowest BCUT2D eigenvalue weighted by Crippen LogP contribution is -2.48. The molecule has 0 radical (unpaired) electrons. The van der Waals surface area contributed by atoms with E-state index in [9.17, 15) is 9.59 Å². The second kappa shape index (κ2) is 8.18. The molecule has 0 bridgehead atoms. The zero-order valence-corrected chi connectivity index (χ0v) is 12.1. The van der Waals surface area contributed by atoms with Gasteiger partial charge in [0.05, 0.1) is 5.70 Å². The Labute approximate surface area is 114 Å². The fourth-order valence-corrected chi connectivity index (χ4v) is 1.36. The first-order valence-corrected chi connectivity index (χ1v) is 6.46. The maximum Gasteiger partial charge on any atom is 0.328 e. The highest BCUT2D eigenvalue weighted by Gasteiger charge is 2.24. The fraction of sp³-hybridized carbons (Fsp3) is 0.538. The first kappa shape index (κ1) is 17.0. The van der Waals surface area contributed by atoms with Gasteiger partial charge < -0.3 is 11.5 Å². The minimum absolute atomic E-state index is 0.166. The van der Waals surface area contributed by atoms with Gasteiger partial charge in [-0.1, -0.05) is 27.7 Å². The third-order valence-electron chi connectivity index (χ3n) is 2.52. The minimum Gasteiger partial charge on any atom is -0.403 e. The SMILES string of the molecule is CC.CC(C)/C(N)=C/C(=C\N)N1CCC(=O)NC1=O. The Kier molecular flexibility index (Phi) is 7.33. The van der Waals surface area contributed by atoms with Crippen molar-refractivity contribution < 1.29 is 9.59 Å². The topological polar surface area (TPSA) is 101 Å². The van der Waals surface area contributed by atoms with Gasteiger partial charge >= 0.3 is 6.03 Å². The Morgan fingerprint density at radius 2 is 1.95 bits per heavy atom. The summed E-state index contributed by atoms with van der Waals surface area (Å²) in [4.78, 5) is 24.0. The van der Waals surface area contributed by atoms with Crippen molar-refractivity contribution in [1.82, 2.24) is 10.2 Å². The highest BCUT2D eigenvalue weighted by Crippen LogP contribution is 2.13. The van der Waals surface area contributed by atoms with E-state index in [1.807, 2.05) is 27.7 Å². The molecule has 0 unspecified atom stereocenters. The predicted molar refractivity (Wildman–Crippen MR) is 75.6 cm³/mol. The molecule has 1 heterocycles. The standard InChI is InChI=1S/C11H18N4O2.C2H6/c1-7(2)9(13)5-8(6-12)15-4-3-10(16)14-11(15)17;1-2/h5-7H,3-4,12-13H2,1-2H3,(H,14,16,17);1-2H3/b8-6+,9-5-;. The van der Waals surface area contributed by atoms with E-state index in [0.29, 0.717) is 17.9 Å². The van der Waals surface area contributed by atoms with E-state index in [-0.39, 0.29) is 18.2 Å². The van der Waals surface area contributed by atoms with Crippen LogP contribution >= 0.6 is 0 Å². The number of imide groups is 1. The number of urea groups is 1. The zero-order chi connectivity index (χ0) is 15.0. The van der Waals surface area contributed by atoms with E-state index in [1.165, 1.54) is 11.1 Å². The van der Waals surface area contributed by atoms with Gasteiger partial charge in [0.2, 0.25) is 5.91 Å². The molecular formula is C13H24N4O2. The second-order valence-electron chi connectivity index (χ2n) is 4.15. The smallest absolute Gasteiger partial charge is 0.328 e. The van der Waals surface area contributed by atoms with Crippen LogP contribution in [0.3, 0.4) is 0 Å². The Bertz CT molecular complexity index is 386. The van der Waals surface area contributed by atoms with Crippen molar-refractivity contribution in [3.8, 4) is 0 Å². The number of amides is 3. The molecule has 108 valence electrons. The van der Waals surface area contributed by atoms with E-state index in [2.05, 4.69) is 5.32 Å². The quantitative estimate of drug-likeness (QED) is 0.670. The number of hydrogen-bond acceptors (Lipinski definition) is 4. The van der Waals surface area contributed by atoms with Gasteiger partial charge in [-0.15, -0.1) is 0 Å². The minimum atomic E-state index is -0.467. The third kappa shape index (κ3) is 5.03. The summed E-state index contributed by atoms with van der Waals surface area (Å²) in [5.74, 6) is -0.108. The second-order valence-corrected chi connectivity index (χ2v) is 4.15. The summed E-state index contributed by atoms with van der Waals surface area (Å²) in [6.07, 6.45) is 3.23.